The highest BCUT2D eigenvalue weighted by Crippen LogP contribution is 2.14. The molecule has 0 aliphatic rings. The Bertz CT molecular complexity index is 838. The summed E-state index contributed by atoms with van der Waals surface area (Å²) in [6.07, 6.45) is 0. The van der Waals surface area contributed by atoms with Gasteiger partial charge in [0.25, 0.3) is 5.97 Å². The first-order chi connectivity index (χ1) is 10.7. The number of carbonyl (C=O) groups is 2. The molecule has 0 spiro atoms. The Morgan fingerprint density at radius 1 is 1.17 bits per heavy atom. The Kier molecular flexibility index (Phi) is 6.15. The molecule has 0 amide bonds. The summed E-state index contributed by atoms with van der Waals surface area (Å²) in [7, 11) is 0. The number of fused-ring (bicyclic) bond motifs is 1. The van der Waals surface area contributed by atoms with Crippen LogP contribution < -0.4 is 16.4 Å². The molecule has 2 rings (SSSR count). The van der Waals surface area contributed by atoms with Crippen molar-refractivity contribution < 1.29 is 24.2 Å². The van der Waals surface area contributed by atoms with Gasteiger partial charge in [0.05, 0.1) is 17.6 Å². The van der Waals surface area contributed by atoms with E-state index in [1.807, 2.05) is 0 Å². The number of halogens is 1. The maximum atomic E-state index is 13.4. The number of carboxylic acid groups (broad SMARTS) is 2. The Labute approximate surface area is 127 Å². The highest BCUT2D eigenvalue weighted by atomic mass is 19.1. The third-order valence-corrected chi connectivity index (χ3v) is 2.47. The molecule has 0 fully saturated rings. The first-order valence-electron chi connectivity index (χ1n) is 6.27. The van der Waals surface area contributed by atoms with Gasteiger partial charge in [-0.05, 0) is 17.7 Å². The van der Waals surface area contributed by atoms with Crippen molar-refractivity contribution in [2.24, 2.45) is 0 Å². The van der Waals surface area contributed by atoms with Crippen molar-refractivity contribution >= 4 is 23.0 Å². The summed E-state index contributed by atoms with van der Waals surface area (Å²) in [6, 6.07) is 2.23. The molecule has 23 heavy (non-hydrogen) atoms. The van der Waals surface area contributed by atoms with Crippen LogP contribution in [0.1, 0.15) is 12.5 Å². The third kappa shape index (κ3) is 5.71. The standard InChI is InChI=1S/C11H10FN3O4.C2H4O2/c12-6-1-5(3-13-4-8(16)17)9-7(2-6)14-10(18)11(19)15-9;1-2(3)4/h1-2,13H,3-4H2,(H,14,18)(H,15,19)(H,16,17);1H3,(H,3,4). The van der Waals surface area contributed by atoms with Crippen molar-refractivity contribution in [2.45, 2.75) is 13.5 Å². The summed E-state index contributed by atoms with van der Waals surface area (Å²) in [5, 5.41) is 18.5. The van der Waals surface area contributed by atoms with Crippen molar-refractivity contribution in [1.82, 2.24) is 15.3 Å². The fourth-order valence-corrected chi connectivity index (χ4v) is 1.70. The van der Waals surface area contributed by atoms with Crippen molar-refractivity contribution in [1.29, 1.82) is 0 Å². The summed E-state index contributed by atoms with van der Waals surface area (Å²) < 4.78 is 13.4. The van der Waals surface area contributed by atoms with E-state index in [1.165, 1.54) is 0 Å². The molecular formula is C13H14FN3O6. The zero-order valence-electron chi connectivity index (χ0n) is 12.0. The summed E-state index contributed by atoms with van der Waals surface area (Å²) in [5.74, 6) is -2.48. The van der Waals surface area contributed by atoms with E-state index in [4.69, 9.17) is 15.0 Å². The smallest absolute Gasteiger partial charge is 0.317 e. The second-order valence-electron chi connectivity index (χ2n) is 4.41. The molecule has 0 bridgehead atoms. The lowest BCUT2D eigenvalue weighted by Gasteiger charge is -2.07. The lowest BCUT2D eigenvalue weighted by Crippen LogP contribution is -2.30. The zero-order chi connectivity index (χ0) is 17.6. The lowest BCUT2D eigenvalue weighted by atomic mass is 10.1. The second kappa shape index (κ2) is 7.84. The molecule has 5 N–H and O–H groups in total. The fraction of sp³-hybridized carbons (Fsp3) is 0.231. The summed E-state index contributed by atoms with van der Waals surface area (Å²) in [4.78, 5) is 46.4. The van der Waals surface area contributed by atoms with Gasteiger partial charge in [-0.3, -0.25) is 19.2 Å². The topological polar surface area (TPSA) is 152 Å². The van der Waals surface area contributed by atoms with Crippen LogP contribution in [-0.2, 0) is 16.1 Å². The van der Waals surface area contributed by atoms with E-state index in [0.717, 1.165) is 19.1 Å². The normalized spacial score (nSPS) is 10.0. The molecule has 0 saturated heterocycles. The maximum absolute atomic E-state index is 13.4. The average Bonchev–Trinajstić information content (AvgIpc) is 2.39. The first-order valence-corrected chi connectivity index (χ1v) is 6.27. The number of aromatic amines is 2. The van der Waals surface area contributed by atoms with Crippen molar-refractivity contribution in [3.63, 3.8) is 0 Å². The van der Waals surface area contributed by atoms with Gasteiger partial charge >= 0.3 is 17.1 Å². The number of benzene rings is 1. The maximum Gasteiger partial charge on any atom is 0.317 e. The summed E-state index contributed by atoms with van der Waals surface area (Å²) in [5.41, 5.74) is -0.952. The predicted molar refractivity (Wildman–Crippen MR) is 77.8 cm³/mol. The number of H-pyrrole nitrogens is 2. The number of hydrogen-bond donors (Lipinski definition) is 5. The first kappa shape index (κ1) is 18.0. The van der Waals surface area contributed by atoms with Crippen LogP contribution >= 0.6 is 0 Å². The van der Waals surface area contributed by atoms with Crippen LogP contribution in [0.5, 0.6) is 0 Å². The van der Waals surface area contributed by atoms with Crippen LogP contribution in [0.25, 0.3) is 11.0 Å². The molecular weight excluding hydrogens is 313 g/mol. The van der Waals surface area contributed by atoms with Gasteiger partial charge in [-0.15, -0.1) is 0 Å². The number of carboxylic acids is 2. The van der Waals surface area contributed by atoms with Crippen LogP contribution in [0.4, 0.5) is 4.39 Å². The van der Waals surface area contributed by atoms with Gasteiger partial charge in [0.15, 0.2) is 0 Å². The van der Waals surface area contributed by atoms with E-state index in [2.05, 4.69) is 15.3 Å². The number of aromatic nitrogens is 2. The van der Waals surface area contributed by atoms with Gasteiger partial charge in [0.1, 0.15) is 5.82 Å². The molecule has 0 radical (unpaired) electrons. The molecule has 0 unspecified atom stereocenters. The second-order valence-corrected chi connectivity index (χ2v) is 4.41. The van der Waals surface area contributed by atoms with E-state index in [-0.39, 0.29) is 24.1 Å². The van der Waals surface area contributed by atoms with Crippen LogP contribution in [0, 0.1) is 5.82 Å². The molecule has 0 saturated carbocycles. The SMILES string of the molecule is CC(=O)O.O=C(O)CNCc1cc(F)cc2[nH]c(=O)c(=O)[nH]c12. The predicted octanol–water partition coefficient (Wildman–Crippen LogP) is -0.379. The molecule has 1 aromatic carbocycles. The number of rotatable bonds is 4. The monoisotopic (exact) mass is 327 g/mol. The Balaban J connectivity index is 0.000000593. The number of hydrogen-bond acceptors (Lipinski definition) is 5. The fourth-order valence-electron chi connectivity index (χ4n) is 1.70. The van der Waals surface area contributed by atoms with E-state index >= 15 is 0 Å². The molecule has 0 atom stereocenters. The van der Waals surface area contributed by atoms with Crippen LogP contribution in [-0.4, -0.2) is 38.7 Å². The molecule has 10 heteroatoms. The quantitative estimate of drug-likeness (QED) is 0.480. The third-order valence-electron chi connectivity index (χ3n) is 2.47. The molecule has 0 aliphatic carbocycles. The highest BCUT2D eigenvalue weighted by Gasteiger charge is 2.08. The highest BCUT2D eigenvalue weighted by molar-refractivity contribution is 5.77. The van der Waals surface area contributed by atoms with Crippen molar-refractivity contribution in [3.05, 3.63) is 44.2 Å². The average molecular weight is 327 g/mol. The summed E-state index contributed by atoms with van der Waals surface area (Å²) >= 11 is 0. The largest absolute Gasteiger partial charge is 0.481 e. The molecule has 2 aromatic rings. The van der Waals surface area contributed by atoms with Crippen LogP contribution in [0.15, 0.2) is 21.7 Å². The molecule has 1 heterocycles. The van der Waals surface area contributed by atoms with Crippen LogP contribution in [0.2, 0.25) is 0 Å². The van der Waals surface area contributed by atoms with Gasteiger partial charge in [-0.2, -0.15) is 0 Å². The lowest BCUT2D eigenvalue weighted by molar-refractivity contribution is -0.136. The molecule has 1 aromatic heterocycles. The van der Waals surface area contributed by atoms with Gasteiger partial charge in [-0.1, -0.05) is 0 Å². The molecule has 124 valence electrons. The Morgan fingerprint density at radius 3 is 2.30 bits per heavy atom. The van der Waals surface area contributed by atoms with Gasteiger partial charge in [0, 0.05) is 13.5 Å². The zero-order valence-corrected chi connectivity index (χ0v) is 12.0. The Morgan fingerprint density at radius 2 is 1.74 bits per heavy atom. The van der Waals surface area contributed by atoms with E-state index in [9.17, 15) is 18.8 Å². The van der Waals surface area contributed by atoms with Crippen LogP contribution in [0.3, 0.4) is 0 Å². The number of nitrogens with one attached hydrogen (secondary N) is 3. The minimum atomic E-state index is -1.05. The molecule has 0 aliphatic heterocycles. The van der Waals surface area contributed by atoms with E-state index < -0.39 is 28.9 Å². The van der Waals surface area contributed by atoms with Gasteiger partial charge in [-0.25, -0.2) is 4.39 Å². The summed E-state index contributed by atoms with van der Waals surface area (Å²) in [6.45, 7) is 0.828. The Hall–Kier alpha value is -3.01. The number of aliphatic carboxylic acids is 2. The van der Waals surface area contributed by atoms with Gasteiger partial charge in [0.2, 0.25) is 0 Å². The van der Waals surface area contributed by atoms with Crippen molar-refractivity contribution in [2.75, 3.05) is 6.54 Å². The molecule has 9 nitrogen and oxygen atoms in total. The minimum Gasteiger partial charge on any atom is -0.481 e. The minimum absolute atomic E-state index is 0.0442. The van der Waals surface area contributed by atoms with E-state index in [0.29, 0.717) is 5.56 Å². The van der Waals surface area contributed by atoms with E-state index in [1.54, 1.807) is 0 Å². The van der Waals surface area contributed by atoms with Gasteiger partial charge < -0.3 is 25.5 Å². The van der Waals surface area contributed by atoms with Crippen molar-refractivity contribution in [3.8, 4) is 0 Å².